The normalized spacial score (nSPS) is 13.8. The van der Waals surface area contributed by atoms with Crippen molar-refractivity contribution < 1.29 is 4.74 Å². The molecule has 1 aliphatic rings. The molecule has 0 radical (unpaired) electrons. The lowest BCUT2D eigenvalue weighted by Crippen LogP contribution is -1.74. The lowest BCUT2D eigenvalue weighted by atomic mass is 10.5. The van der Waals surface area contributed by atoms with Gasteiger partial charge in [-0.1, -0.05) is 45.9 Å². The van der Waals surface area contributed by atoms with Crippen molar-refractivity contribution in [2.24, 2.45) is 0 Å². The second-order valence-corrected chi connectivity index (χ2v) is 3.36. The molecule has 0 aliphatic carbocycles. The molecule has 1 nitrogen and oxygen atoms in total. The number of rotatable bonds is 0. The van der Waals surface area contributed by atoms with Crippen LogP contribution in [0.4, 0.5) is 0 Å². The Hall–Kier alpha value is -0.110. The van der Waals surface area contributed by atoms with Gasteiger partial charge in [-0.2, -0.15) is 0 Å². The van der Waals surface area contributed by atoms with Crippen LogP contribution < -0.4 is 0 Å². The van der Waals surface area contributed by atoms with Gasteiger partial charge < -0.3 is 4.74 Å². The molecule has 1 aliphatic heterocycles. The molecule has 0 amide bonds. The summed E-state index contributed by atoms with van der Waals surface area (Å²) >= 11 is 1.76. The Morgan fingerprint density at radius 2 is 1.67 bits per heavy atom. The molecule has 0 spiro atoms. The molecule has 0 fully saturated rings. The van der Waals surface area contributed by atoms with E-state index < -0.39 is 0 Å². The number of hydrogen-bond donors (Lipinski definition) is 0. The Balaban J connectivity index is 0. The quantitative estimate of drug-likeness (QED) is 0.560. The highest BCUT2D eigenvalue weighted by molar-refractivity contribution is 8.03. The van der Waals surface area contributed by atoms with E-state index >= 15 is 0 Å². The minimum atomic E-state index is 0.817. The summed E-state index contributed by atoms with van der Waals surface area (Å²) in [6, 6.07) is 0. The van der Waals surface area contributed by atoms with Crippen molar-refractivity contribution in [2.45, 2.75) is 48.0 Å². The molecule has 0 unspecified atom stereocenters. The third-order valence-electron chi connectivity index (χ3n) is 1.05. The van der Waals surface area contributed by atoms with E-state index in [0.717, 1.165) is 11.7 Å². The van der Waals surface area contributed by atoms with Gasteiger partial charge in [0.05, 0.1) is 0 Å². The van der Waals surface area contributed by atoms with Crippen molar-refractivity contribution in [3.05, 3.63) is 10.7 Å². The molecule has 2 heteroatoms. The predicted molar refractivity (Wildman–Crippen MR) is 59.2 cm³/mol. The molecule has 1 heterocycles. The topological polar surface area (TPSA) is 9.23 Å². The van der Waals surface area contributed by atoms with Gasteiger partial charge in [-0.25, -0.2) is 0 Å². The predicted octanol–water partition coefficient (Wildman–Crippen LogP) is 4.40. The highest BCUT2D eigenvalue weighted by Crippen LogP contribution is 2.27. The Labute approximate surface area is 81.6 Å². The fraction of sp³-hybridized carbons (Fsp3) is 0.800. The molecule has 1 rings (SSSR count). The number of ether oxygens (including phenoxy) is 1. The Morgan fingerprint density at radius 1 is 1.25 bits per heavy atom. The summed E-state index contributed by atoms with van der Waals surface area (Å²) in [5, 5.41) is 0. The van der Waals surface area contributed by atoms with Gasteiger partial charge in [-0.05, 0) is 13.8 Å². The van der Waals surface area contributed by atoms with Gasteiger partial charge in [0, 0.05) is 4.91 Å². The average molecular weight is 190 g/mol. The monoisotopic (exact) mass is 190 g/mol. The lowest BCUT2D eigenvalue weighted by Gasteiger charge is -1.89. The number of hydrogen-bond acceptors (Lipinski definition) is 2. The fourth-order valence-corrected chi connectivity index (χ4v) is 1.08. The summed E-state index contributed by atoms with van der Waals surface area (Å²) in [5.41, 5.74) is 0. The first-order valence-electron chi connectivity index (χ1n) is 4.65. The second-order valence-electron chi connectivity index (χ2n) is 2.23. The van der Waals surface area contributed by atoms with E-state index in [-0.39, 0.29) is 0 Å². The zero-order valence-corrected chi connectivity index (χ0v) is 10.0. The van der Waals surface area contributed by atoms with E-state index in [1.165, 1.54) is 11.3 Å². The maximum atomic E-state index is 5.11. The molecular formula is C10H22OS. The minimum Gasteiger partial charge on any atom is -0.486 e. The van der Waals surface area contributed by atoms with Gasteiger partial charge in [0.2, 0.25) is 0 Å². The van der Waals surface area contributed by atoms with Crippen molar-refractivity contribution in [2.75, 3.05) is 5.94 Å². The van der Waals surface area contributed by atoms with Crippen LogP contribution in [0.2, 0.25) is 0 Å². The van der Waals surface area contributed by atoms with E-state index in [0.29, 0.717) is 0 Å². The molecule has 0 saturated carbocycles. The van der Waals surface area contributed by atoms with Crippen LogP contribution in [0.3, 0.4) is 0 Å². The summed E-state index contributed by atoms with van der Waals surface area (Å²) < 4.78 is 5.11. The Kier molecular flexibility index (Phi) is 13.1. The van der Waals surface area contributed by atoms with E-state index in [1.54, 1.807) is 11.8 Å². The maximum absolute atomic E-state index is 5.11. The first-order chi connectivity index (χ1) is 5.72. The average Bonchev–Trinajstić information content (AvgIpc) is 2.42. The molecule has 0 atom stereocenters. The molecule has 0 aromatic heterocycles. The fourth-order valence-electron chi connectivity index (χ4n) is 0.410. The number of thioether (sulfide) groups is 1. The second kappa shape index (κ2) is 10.9. The summed E-state index contributed by atoms with van der Waals surface area (Å²) in [6.07, 6.45) is 1.25. The molecular weight excluding hydrogens is 168 g/mol. The SMILES string of the molecule is CC.CC1=C(C)SCO1.CCC. The highest BCUT2D eigenvalue weighted by Gasteiger charge is 2.05. The van der Waals surface area contributed by atoms with Gasteiger partial charge in [-0.3, -0.25) is 0 Å². The minimum absolute atomic E-state index is 0.817. The van der Waals surface area contributed by atoms with E-state index in [4.69, 9.17) is 4.74 Å². The smallest absolute Gasteiger partial charge is 0.137 e. The third-order valence-corrected chi connectivity index (χ3v) is 2.00. The zero-order valence-electron chi connectivity index (χ0n) is 9.23. The van der Waals surface area contributed by atoms with Crippen LogP contribution >= 0.6 is 11.8 Å². The van der Waals surface area contributed by atoms with Crippen LogP contribution in [-0.2, 0) is 4.74 Å². The summed E-state index contributed by atoms with van der Waals surface area (Å²) in [4.78, 5) is 1.32. The van der Waals surface area contributed by atoms with Gasteiger partial charge in [-0.15, -0.1) is 0 Å². The van der Waals surface area contributed by atoms with E-state index in [9.17, 15) is 0 Å². The van der Waals surface area contributed by atoms with Crippen LogP contribution in [0.5, 0.6) is 0 Å². The summed E-state index contributed by atoms with van der Waals surface area (Å²) in [6.45, 7) is 12.3. The van der Waals surface area contributed by atoms with Crippen molar-refractivity contribution >= 4 is 11.8 Å². The van der Waals surface area contributed by atoms with Crippen LogP contribution in [0, 0.1) is 0 Å². The van der Waals surface area contributed by atoms with Gasteiger partial charge in [0.1, 0.15) is 11.7 Å². The van der Waals surface area contributed by atoms with Crippen LogP contribution in [0.15, 0.2) is 10.7 Å². The zero-order chi connectivity index (χ0) is 9.98. The van der Waals surface area contributed by atoms with Crippen LogP contribution in [0.1, 0.15) is 48.0 Å². The summed E-state index contributed by atoms with van der Waals surface area (Å²) in [7, 11) is 0. The number of allylic oxidation sites excluding steroid dienone is 2. The molecule has 12 heavy (non-hydrogen) atoms. The van der Waals surface area contributed by atoms with Crippen molar-refractivity contribution in [1.82, 2.24) is 0 Å². The Morgan fingerprint density at radius 3 is 1.75 bits per heavy atom. The van der Waals surface area contributed by atoms with Crippen LogP contribution in [0.25, 0.3) is 0 Å². The largest absolute Gasteiger partial charge is 0.486 e. The third kappa shape index (κ3) is 7.99. The lowest BCUT2D eigenvalue weighted by molar-refractivity contribution is 0.282. The van der Waals surface area contributed by atoms with Crippen molar-refractivity contribution in [1.29, 1.82) is 0 Å². The standard InChI is InChI=1S/C5H8OS.C3H8.C2H6/c1-4-5(2)7-3-6-4;1-3-2;1-2/h3H2,1-2H3;3H2,1-2H3;1-2H3. The molecule has 0 N–H and O–H groups in total. The summed E-state index contributed by atoms with van der Waals surface area (Å²) in [5.74, 6) is 1.91. The molecule has 74 valence electrons. The molecule has 0 aromatic rings. The van der Waals surface area contributed by atoms with E-state index in [2.05, 4.69) is 20.8 Å². The van der Waals surface area contributed by atoms with Crippen LogP contribution in [-0.4, -0.2) is 5.94 Å². The first kappa shape index (κ1) is 14.4. The van der Waals surface area contributed by atoms with Crippen molar-refractivity contribution in [3.8, 4) is 0 Å². The first-order valence-corrected chi connectivity index (χ1v) is 5.64. The van der Waals surface area contributed by atoms with Gasteiger partial charge in [0.25, 0.3) is 0 Å². The van der Waals surface area contributed by atoms with Gasteiger partial charge in [0.15, 0.2) is 0 Å². The van der Waals surface area contributed by atoms with Crippen molar-refractivity contribution in [3.63, 3.8) is 0 Å². The molecule has 0 aromatic carbocycles. The van der Waals surface area contributed by atoms with E-state index in [1.807, 2.05) is 20.8 Å². The Bertz CT molecular complexity index is 107. The molecule has 0 saturated heterocycles. The van der Waals surface area contributed by atoms with Gasteiger partial charge >= 0.3 is 0 Å². The molecule has 0 bridgehead atoms. The highest BCUT2D eigenvalue weighted by atomic mass is 32.2. The maximum Gasteiger partial charge on any atom is 0.137 e.